The second kappa shape index (κ2) is 8.72. The summed E-state index contributed by atoms with van der Waals surface area (Å²) < 4.78 is 19.8. The molecule has 1 N–H and O–H groups in total. The van der Waals surface area contributed by atoms with E-state index in [4.69, 9.17) is 4.74 Å². The molecule has 1 heterocycles. The van der Waals surface area contributed by atoms with Crippen molar-refractivity contribution in [3.8, 4) is 0 Å². The molecule has 2 aromatic rings. The molecule has 0 radical (unpaired) electrons. The predicted molar refractivity (Wildman–Crippen MR) is 110 cm³/mol. The Balaban J connectivity index is 2.22. The third kappa shape index (κ3) is 3.62. The van der Waals surface area contributed by atoms with Gasteiger partial charge in [0.25, 0.3) is 0 Å². The molecule has 1 fully saturated rings. The fourth-order valence-corrected chi connectivity index (χ4v) is 7.33. The van der Waals surface area contributed by atoms with Gasteiger partial charge in [0, 0.05) is 17.2 Å². The van der Waals surface area contributed by atoms with Crippen LogP contribution in [0.3, 0.4) is 0 Å². The van der Waals surface area contributed by atoms with Crippen LogP contribution in [0.1, 0.15) is 19.8 Å². The van der Waals surface area contributed by atoms with Gasteiger partial charge in [-0.15, -0.1) is 0 Å². The van der Waals surface area contributed by atoms with Gasteiger partial charge in [0.2, 0.25) is 0 Å². The SMILES string of the molecule is COC(=O)[C@@H]1CCCN1[C@@H](/C(C)=N/O)P(=O)(c1ccccc1)c1ccccc1. The number of benzene rings is 2. The van der Waals surface area contributed by atoms with Crippen LogP contribution in [0.2, 0.25) is 0 Å². The maximum Gasteiger partial charge on any atom is 0.323 e. The summed E-state index contributed by atoms with van der Waals surface area (Å²) in [6, 6.07) is 17.9. The fourth-order valence-electron chi connectivity index (χ4n) is 3.96. The maximum absolute atomic E-state index is 14.8. The van der Waals surface area contributed by atoms with E-state index in [1.165, 1.54) is 7.11 Å². The third-order valence-corrected chi connectivity index (χ3v) is 8.73. The number of esters is 1. The summed E-state index contributed by atoms with van der Waals surface area (Å²) in [4.78, 5) is 14.3. The summed E-state index contributed by atoms with van der Waals surface area (Å²) >= 11 is 0. The summed E-state index contributed by atoms with van der Waals surface area (Å²) in [6.45, 7) is 2.22. The van der Waals surface area contributed by atoms with E-state index in [9.17, 15) is 14.6 Å². The second-order valence-corrected chi connectivity index (χ2v) is 9.70. The van der Waals surface area contributed by atoms with Crippen LogP contribution in [0.15, 0.2) is 65.8 Å². The Labute approximate surface area is 165 Å². The number of nitrogens with zero attached hydrogens (tertiary/aromatic N) is 2. The minimum Gasteiger partial charge on any atom is -0.468 e. The molecule has 1 aliphatic heterocycles. The smallest absolute Gasteiger partial charge is 0.323 e. The normalized spacial score (nSPS) is 19.4. The van der Waals surface area contributed by atoms with Crippen molar-refractivity contribution in [2.24, 2.45) is 5.16 Å². The van der Waals surface area contributed by atoms with Gasteiger partial charge in [-0.25, -0.2) is 0 Å². The van der Waals surface area contributed by atoms with E-state index >= 15 is 0 Å². The summed E-state index contributed by atoms with van der Waals surface area (Å²) in [6.07, 6.45) is 1.39. The van der Waals surface area contributed by atoms with Crippen LogP contribution < -0.4 is 10.6 Å². The number of hydrogen-bond donors (Lipinski definition) is 1. The number of hydrogen-bond acceptors (Lipinski definition) is 6. The van der Waals surface area contributed by atoms with Gasteiger partial charge >= 0.3 is 5.97 Å². The highest BCUT2D eigenvalue weighted by Gasteiger charge is 2.48. The molecule has 3 rings (SSSR count). The number of ether oxygens (including phenoxy) is 1. The molecule has 28 heavy (non-hydrogen) atoms. The Morgan fingerprint density at radius 3 is 2.14 bits per heavy atom. The first-order chi connectivity index (χ1) is 13.5. The lowest BCUT2D eigenvalue weighted by Crippen LogP contribution is -2.49. The number of carbonyl (C=O) groups is 1. The molecule has 0 bridgehead atoms. The van der Waals surface area contributed by atoms with Gasteiger partial charge in [0.15, 0.2) is 7.14 Å². The standard InChI is InChI=1S/C21H25N2O4P/c1-16(22-25)20(23-15-9-14-19(23)21(24)27-2)28(26,17-10-5-3-6-11-17)18-12-7-4-8-13-18/h3-8,10-13,19-20,25H,9,14-15H2,1-2H3/b22-16+/t19-,20+/m0/s1. The molecule has 0 aromatic heterocycles. The molecular formula is C21H25N2O4P. The van der Waals surface area contributed by atoms with E-state index in [1.807, 2.05) is 65.6 Å². The van der Waals surface area contributed by atoms with E-state index in [-0.39, 0.29) is 5.97 Å². The molecule has 7 heteroatoms. The van der Waals surface area contributed by atoms with Crippen LogP contribution in [-0.2, 0) is 14.1 Å². The van der Waals surface area contributed by atoms with Gasteiger partial charge in [0.05, 0.1) is 12.8 Å². The second-order valence-electron chi connectivity index (χ2n) is 6.86. The number of rotatable bonds is 6. The topological polar surface area (TPSA) is 79.2 Å². The van der Waals surface area contributed by atoms with E-state index in [2.05, 4.69) is 5.16 Å². The van der Waals surface area contributed by atoms with Crippen molar-refractivity contribution in [3.63, 3.8) is 0 Å². The maximum atomic E-state index is 14.8. The van der Waals surface area contributed by atoms with E-state index < -0.39 is 19.0 Å². The van der Waals surface area contributed by atoms with Crippen LogP contribution in [-0.4, -0.2) is 47.3 Å². The van der Waals surface area contributed by atoms with Crippen LogP contribution in [0.5, 0.6) is 0 Å². The molecule has 0 saturated carbocycles. The average Bonchev–Trinajstić information content (AvgIpc) is 3.23. The Bertz CT molecular complexity index is 842. The Kier molecular flexibility index (Phi) is 6.32. The zero-order valence-corrected chi connectivity index (χ0v) is 17.0. The van der Waals surface area contributed by atoms with Crippen molar-refractivity contribution in [3.05, 3.63) is 60.7 Å². The van der Waals surface area contributed by atoms with E-state index in [0.717, 1.165) is 6.42 Å². The van der Waals surface area contributed by atoms with Crippen LogP contribution in [0.4, 0.5) is 0 Å². The van der Waals surface area contributed by atoms with Gasteiger partial charge in [-0.1, -0.05) is 65.8 Å². The van der Waals surface area contributed by atoms with Gasteiger partial charge in [0.1, 0.15) is 11.8 Å². The summed E-state index contributed by atoms with van der Waals surface area (Å²) in [7, 11) is -1.96. The van der Waals surface area contributed by atoms with E-state index in [1.54, 1.807) is 6.92 Å². The lowest BCUT2D eigenvalue weighted by atomic mass is 10.2. The zero-order valence-electron chi connectivity index (χ0n) is 16.1. The van der Waals surface area contributed by atoms with Crippen LogP contribution in [0, 0.1) is 0 Å². The summed E-state index contributed by atoms with van der Waals surface area (Å²) in [5.74, 6) is -1.10. The highest BCUT2D eigenvalue weighted by atomic mass is 31.2. The first-order valence-corrected chi connectivity index (χ1v) is 11.0. The summed E-state index contributed by atoms with van der Waals surface area (Å²) in [5.41, 5.74) is 0.312. The predicted octanol–water partition coefficient (Wildman–Crippen LogP) is 2.81. The lowest BCUT2D eigenvalue weighted by molar-refractivity contribution is -0.145. The van der Waals surface area contributed by atoms with Crippen LogP contribution >= 0.6 is 7.14 Å². The van der Waals surface area contributed by atoms with Gasteiger partial charge < -0.3 is 14.5 Å². The fraction of sp³-hybridized carbons (Fsp3) is 0.333. The molecule has 148 valence electrons. The van der Waals surface area contributed by atoms with Crippen molar-refractivity contribution in [2.75, 3.05) is 13.7 Å². The first-order valence-electron chi connectivity index (χ1n) is 9.27. The Morgan fingerprint density at radius 2 is 1.68 bits per heavy atom. The summed E-state index contributed by atoms with van der Waals surface area (Å²) in [5, 5.41) is 14.4. The first kappa shape index (κ1) is 20.3. The molecule has 0 unspecified atom stereocenters. The highest BCUT2D eigenvalue weighted by Crippen LogP contribution is 2.52. The Morgan fingerprint density at radius 1 is 1.14 bits per heavy atom. The van der Waals surface area contributed by atoms with Crippen LogP contribution in [0.25, 0.3) is 0 Å². The van der Waals surface area contributed by atoms with Crippen molar-refractivity contribution in [1.29, 1.82) is 0 Å². The van der Waals surface area contributed by atoms with Gasteiger partial charge in [-0.3, -0.25) is 9.69 Å². The van der Waals surface area contributed by atoms with Crippen molar-refractivity contribution in [1.82, 2.24) is 4.90 Å². The van der Waals surface area contributed by atoms with Crippen molar-refractivity contribution < 1.29 is 19.3 Å². The minimum atomic E-state index is -3.32. The molecule has 1 aliphatic rings. The molecule has 0 spiro atoms. The monoisotopic (exact) mass is 400 g/mol. The highest BCUT2D eigenvalue weighted by molar-refractivity contribution is 7.80. The zero-order chi connectivity index (χ0) is 20.1. The molecular weight excluding hydrogens is 375 g/mol. The largest absolute Gasteiger partial charge is 0.468 e. The van der Waals surface area contributed by atoms with Crippen molar-refractivity contribution >= 4 is 29.4 Å². The molecule has 1 saturated heterocycles. The molecule has 0 amide bonds. The quantitative estimate of drug-likeness (QED) is 0.265. The number of carbonyl (C=O) groups excluding carboxylic acids is 1. The molecule has 2 aromatic carbocycles. The number of likely N-dealkylation sites (tertiary alicyclic amines) is 1. The molecule has 0 aliphatic carbocycles. The van der Waals surface area contributed by atoms with E-state index in [0.29, 0.717) is 29.3 Å². The lowest BCUT2D eigenvalue weighted by Gasteiger charge is -2.37. The molecule has 2 atom stereocenters. The van der Waals surface area contributed by atoms with Gasteiger partial charge in [-0.2, -0.15) is 0 Å². The number of methoxy groups -OCH3 is 1. The molecule has 6 nitrogen and oxygen atoms in total. The Hall–Kier alpha value is -2.43. The van der Waals surface area contributed by atoms with Crippen molar-refractivity contribution in [2.45, 2.75) is 31.6 Å². The number of oxime groups is 1. The third-order valence-electron chi connectivity index (χ3n) is 5.24. The minimum absolute atomic E-state index is 0.312. The average molecular weight is 400 g/mol. The van der Waals surface area contributed by atoms with Gasteiger partial charge in [-0.05, 0) is 19.8 Å².